The molecule has 24 heavy (non-hydrogen) atoms. The van der Waals surface area contributed by atoms with Crippen molar-refractivity contribution in [3.63, 3.8) is 0 Å². The highest BCUT2D eigenvalue weighted by molar-refractivity contribution is 7.09. The summed E-state index contributed by atoms with van der Waals surface area (Å²) in [7, 11) is 0. The molecule has 2 amide bonds. The lowest BCUT2D eigenvalue weighted by atomic mass is 10.0. The van der Waals surface area contributed by atoms with Gasteiger partial charge in [0.05, 0.1) is 29.6 Å². The largest absolute Gasteiger partial charge is 0.349 e. The maximum Gasteiger partial charge on any atom is 0.228 e. The minimum atomic E-state index is -0.110. The van der Waals surface area contributed by atoms with Crippen molar-refractivity contribution in [2.75, 3.05) is 5.32 Å². The van der Waals surface area contributed by atoms with E-state index in [1.54, 1.807) is 11.3 Å². The molecule has 6 heteroatoms. The van der Waals surface area contributed by atoms with E-state index >= 15 is 0 Å². The fraction of sp³-hybridized carbons (Fsp3) is 0.389. The molecule has 1 aliphatic heterocycles. The molecule has 2 heterocycles. The van der Waals surface area contributed by atoms with Gasteiger partial charge in [0.15, 0.2) is 0 Å². The number of amides is 2. The number of fused-ring (bicyclic) bond motifs is 1. The molecule has 0 spiro atoms. The van der Waals surface area contributed by atoms with Crippen molar-refractivity contribution >= 4 is 28.8 Å². The molecule has 126 valence electrons. The van der Waals surface area contributed by atoms with Crippen LogP contribution in [0, 0.1) is 0 Å². The zero-order chi connectivity index (χ0) is 17.3. The molecule has 0 unspecified atom stereocenters. The Morgan fingerprint density at radius 2 is 2.17 bits per heavy atom. The molecule has 0 fully saturated rings. The van der Waals surface area contributed by atoms with Gasteiger partial charge >= 0.3 is 0 Å². The molecule has 0 aliphatic carbocycles. The number of benzene rings is 1. The second-order valence-corrected chi connectivity index (χ2v) is 7.33. The number of hydrogen-bond donors (Lipinski definition) is 2. The van der Waals surface area contributed by atoms with Crippen LogP contribution in [0.2, 0.25) is 0 Å². The molecular weight excluding hydrogens is 322 g/mol. The summed E-state index contributed by atoms with van der Waals surface area (Å²) in [6.07, 6.45) is 0.694. The summed E-state index contributed by atoms with van der Waals surface area (Å²) in [6, 6.07) is 5.71. The SMILES string of the molecule is CC(C)c1nc(CC(=O)N[C@@H](C)c2ccc3c(c2)CC(=O)N3)cs1. The van der Waals surface area contributed by atoms with Crippen LogP contribution in [-0.4, -0.2) is 16.8 Å². The smallest absolute Gasteiger partial charge is 0.228 e. The highest BCUT2D eigenvalue weighted by atomic mass is 32.1. The number of carbonyl (C=O) groups is 2. The number of rotatable bonds is 5. The Labute approximate surface area is 145 Å². The van der Waals surface area contributed by atoms with Crippen LogP contribution in [0.5, 0.6) is 0 Å². The minimum absolute atomic E-state index is 0.0170. The van der Waals surface area contributed by atoms with Gasteiger partial charge in [-0.1, -0.05) is 26.0 Å². The lowest BCUT2D eigenvalue weighted by Crippen LogP contribution is -2.28. The van der Waals surface area contributed by atoms with Crippen LogP contribution in [-0.2, 0) is 22.4 Å². The van der Waals surface area contributed by atoms with E-state index < -0.39 is 0 Å². The molecule has 1 aromatic heterocycles. The molecule has 3 rings (SSSR count). The Balaban J connectivity index is 1.62. The Hall–Kier alpha value is -2.21. The Morgan fingerprint density at radius 3 is 2.88 bits per heavy atom. The van der Waals surface area contributed by atoms with Gasteiger partial charge in [0, 0.05) is 17.0 Å². The van der Waals surface area contributed by atoms with E-state index in [9.17, 15) is 9.59 Å². The summed E-state index contributed by atoms with van der Waals surface area (Å²) >= 11 is 1.60. The predicted octanol–water partition coefficient (Wildman–Crippen LogP) is 3.18. The number of nitrogens with zero attached hydrogens (tertiary/aromatic N) is 1. The quantitative estimate of drug-likeness (QED) is 0.876. The first kappa shape index (κ1) is 16.6. The highest BCUT2D eigenvalue weighted by Crippen LogP contribution is 2.26. The van der Waals surface area contributed by atoms with Gasteiger partial charge < -0.3 is 10.6 Å². The molecule has 2 aromatic rings. The molecule has 1 atom stereocenters. The van der Waals surface area contributed by atoms with Crippen LogP contribution >= 0.6 is 11.3 Å². The lowest BCUT2D eigenvalue weighted by Gasteiger charge is -2.15. The number of anilines is 1. The molecule has 0 saturated carbocycles. The fourth-order valence-corrected chi connectivity index (χ4v) is 3.56. The molecule has 0 saturated heterocycles. The standard InChI is InChI=1S/C18H21N3O2S/c1-10(2)18-20-14(9-24-18)8-17(23)19-11(3)12-4-5-15-13(6-12)7-16(22)21-15/h4-6,9-11H,7-8H2,1-3H3,(H,19,23)(H,21,22)/t11-/m0/s1. The number of nitrogens with one attached hydrogen (secondary N) is 2. The minimum Gasteiger partial charge on any atom is -0.349 e. The highest BCUT2D eigenvalue weighted by Gasteiger charge is 2.19. The van der Waals surface area contributed by atoms with Gasteiger partial charge in [-0.25, -0.2) is 4.98 Å². The van der Waals surface area contributed by atoms with Gasteiger partial charge in [0.1, 0.15) is 0 Å². The zero-order valence-corrected chi connectivity index (χ0v) is 14.9. The van der Waals surface area contributed by atoms with Crippen molar-refractivity contribution in [2.45, 2.75) is 45.6 Å². The van der Waals surface area contributed by atoms with Gasteiger partial charge in [0.25, 0.3) is 0 Å². The summed E-state index contributed by atoms with van der Waals surface area (Å²) in [5.74, 6) is 0.356. The number of aromatic nitrogens is 1. The zero-order valence-electron chi connectivity index (χ0n) is 14.1. The Bertz CT molecular complexity index is 782. The van der Waals surface area contributed by atoms with Gasteiger partial charge in [0.2, 0.25) is 11.8 Å². The number of carbonyl (C=O) groups excluding carboxylic acids is 2. The average Bonchev–Trinajstić information content (AvgIpc) is 3.11. The van der Waals surface area contributed by atoms with E-state index in [0.717, 1.165) is 27.5 Å². The van der Waals surface area contributed by atoms with E-state index in [1.807, 2.05) is 30.5 Å². The molecule has 2 N–H and O–H groups in total. The van der Waals surface area contributed by atoms with Gasteiger partial charge in [-0.2, -0.15) is 0 Å². The number of hydrogen-bond acceptors (Lipinski definition) is 4. The van der Waals surface area contributed by atoms with E-state index in [4.69, 9.17) is 0 Å². The summed E-state index contributed by atoms with van der Waals surface area (Å²) < 4.78 is 0. The van der Waals surface area contributed by atoms with Crippen molar-refractivity contribution < 1.29 is 9.59 Å². The van der Waals surface area contributed by atoms with Gasteiger partial charge in [-0.3, -0.25) is 9.59 Å². The van der Waals surface area contributed by atoms with E-state index in [1.165, 1.54) is 0 Å². The fourth-order valence-electron chi connectivity index (χ4n) is 2.73. The van der Waals surface area contributed by atoms with Crippen molar-refractivity contribution in [1.82, 2.24) is 10.3 Å². The second kappa shape index (κ2) is 6.73. The van der Waals surface area contributed by atoms with Crippen LogP contribution in [0.3, 0.4) is 0 Å². The van der Waals surface area contributed by atoms with Crippen LogP contribution in [0.15, 0.2) is 23.6 Å². The summed E-state index contributed by atoms with van der Waals surface area (Å²) in [4.78, 5) is 28.2. The third-order valence-electron chi connectivity index (χ3n) is 4.04. The molecule has 1 aliphatic rings. The monoisotopic (exact) mass is 343 g/mol. The topological polar surface area (TPSA) is 71.1 Å². The maximum atomic E-state index is 12.2. The first-order chi connectivity index (χ1) is 11.4. The van der Waals surface area contributed by atoms with Crippen LogP contribution in [0.1, 0.15) is 54.6 Å². The van der Waals surface area contributed by atoms with Crippen molar-refractivity contribution in [3.05, 3.63) is 45.4 Å². The van der Waals surface area contributed by atoms with Crippen LogP contribution in [0.25, 0.3) is 0 Å². The molecule has 0 bridgehead atoms. The first-order valence-corrected chi connectivity index (χ1v) is 8.96. The first-order valence-electron chi connectivity index (χ1n) is 8.08. The third kappa shape index (κ3) is 3.64. The molecule has 5 nitrogen and oxygen atoms in total. The Kier molecular flexibility index (Phi) is 4.66. The van der Waals surface area contributed by atoms with Crippen molar-refractivity contribution in [3.8, 4) is 0 Å². The van der Waals surface area contributed by atoms with E-state index in [0.29, 0.717) is 18.8 Å². The Morgan fingerprint density at radius 1 is 1.38 bits per heavy atom. The summed E-state index contributed by atoms with van der Waals surface area (Å²) in [6.45, 7) is 6.14. The van der Waals surface area contributed by atoms with Crippen molar-refractivity contribution in [1.29, 1.82) is 0 Å². The van der Waals surface area contributed by atoms with Crippen molar-refractivity contribution in [2.24, 2.45) is 0 Å². The summed E-state index contributed by atoms with van der Waals surface area (Å²) in [5.41, 5.74) is 3.67. The van der Waals surface area contributed by atoms with Gasteiger partial charge in [-0.05, 0) is 24.1 Å². The number of thiazole rings is 1. The predicted molar refractivity (Wildman–Crippen MR) is 95.2 cm³/mol. The average molecular weight is 343 g/mol. The van der Waals surface area contributed by atoms with Crippen LogP contribution in [0.4, 0.5) is 5.69 Å². The van der Waals surface area contributed by atoms with E-state index in [-0.39, 0.29) is 17.9 Å². The van der Waals surface area contributed by atoms with E-state index in [2.05, 4.69) is 29.5 Å². The van der Waals surface area contributed by atoms with Gasteiger partial charge in [-0.15, -0.1) is 11.3 Å². The second-order valence-electron chi connectivity index (χ2n) is 6.44. The van der Waals surface area contributed by atoms with Crippen LogP contribution < -0.4 is 10.6 Å². The maximum absolute atomic E-state index is 12.2. The summed E-state index contributed by atoms with van der Waals surface area (Å²) in [5, 5.41) is 8.83. The lowest BCUT2D eigenvalue weighted by molar-refractivity contribution is -0.121. The molecular formula is C18H21N3O2S. The normalized spacial score (nSPS) is 14.4. The molecule has 0 radical (unpaired) electrons. The third-order valence-corrected chi connectivity index (χ3v) is 5.23. The molecule has 1 aromatic carbocycles.